The molecule has 116 valence electrons. The molecule has 0 saturated heterocycles. The van der Waals surface area contributed by atoms with Crippen molar-refractivity contribution in [3.8, 4) is 11.1 Å². The highest BCUT2D eigenvalue weighted by Gasteiger charge is 2.06. The number of aryl methyl sites for hydroxylation is 2. The van der Waals surface area contributed by atoms with Crippen LogP contribution in [0.2, 0.25) is 0 Å². The number of hydrogen-bond donors (Lipinski definition) is 2. The summed E-state index contributed by atoms with van der Waals surface area (Å²) >= 11 is 0. The maximum absolute atomic E-state index is 7.38. The molecule has 1 unspecified atom stereocenters. The van der Waals surface area contributed by atoms with E-state index in [9.17, 15) is 0 Å². The van der Waals surface area contributed by atoms with Crippen LogP contribution in [0.15, 0.2) is 42.5 Å². The molecule has 22 heavy (non-hydrogen) atoms. The van der Waals surface area contributed by atoms with Gasteiger partial charge in [0.2, 0.25) is 0 Å². The van der Waals surface area contributed by atoms with Gasteiger partial charge in [-0.1, -0.05) is 50.2 Å². The molecule has 0 heterocycles. The zero-order chi connectivity index (χ0) is 15.9. The maximum atomic E-state index is 7.38. The van der Waals surface area contributed by atoms with E-state index in [-0.39, 0.29) is 0 Å². The van der Waals surface area contributed by atoms with E-state index in [2.05, 4.69) is 50.2 Å². The van der Waals surface area contributed by atoms with Gasteiger partial charge in [-0.3, -0.25) is 0 Å². The summed E-state index contributed by atoms with van der Waals surface area (Å²) in [7, 11) is 0. The van der Waals surface area contributed by atoms with Gasteiger partial charge >= 0.3 is 0 Å². The van der Waals surface area contributed by atoms with Crippen LogP contribution in [0.4, 0.5) is 0 Å². The van der Waals surface area contributed by atoms with Gasteiger partial charge < -0.3 is 11.1 Å². The average molecular weight is 294 g/mol. The monoisotopic (exact) mass is 294 g/mol. The van der Waals surface area contributed by atoms with E-state index in [4.69, 9.17) is 11.1 Å². The first kappa shape index (κ1) is 16.4. The Kier molecular flexibility index (Phi) is 5.91. The van der Waals surface area contributed by atoms with E-state index in [1.807, 2.05) is 6.07 Å². The van der Waals surface area contributed by atoms with Gasteiger partial charge in [0.05, 0.1) is 0 Å². The van der Waals surface area contributed by atoms with E-state index < -0.39 is 0 Å². The Morgan fingerprint density at radius 1 is 1.14 bits per heavy atom. The van der Waals surface area contributed by atoms with Crippen molar-refractivity contribution in [1.29, 1.82) is 5.41 Å². The van der Waals surface area contributed by atoms with Crippen molar-refractivity contribution in [1.82, 2.24) is 0 Å². The molecule has 0 saturated carbocycles. The van der Waals surface area contributed by atoms with Crippen molar-refractivity contribution >= 4 is 6.21 Å². The van der Waals surface area contributed by atoms with Gasteiger partial charge in [-0.2, -0.15) is 0 Å². The molecule has 0 aliphatic carbocycles. The van der Waals surface area contributed by atoms with Gasteiger partial charge in [-0.15, -0.1) is 0 Å². The van der Waals surface area contributed by atoms with Crippen LogP contribution in [0.1, 0.15) is 37.0 Å². The summed E-state index contributed by atoms with van der Waals surface area (Å²) < 4.78 is 0. The van der Waals surface area contributed by atoms with Gasteiger partial charge in [0.25, 0.3) is 0 Å². The standard InChI is InChI=1S/C20H26N2/c1-3-18-12-17(14-22)8-11-20(18)19-9-6-16(7-10-19)5-4-15(2)13-21/h6-12,14-15,22H,3-5,13,21H2,1-2H3. The van der Waals surface area contributed by atoms with E-state index in [0.29, 0.717) is 5.92 Å². The van der Waals surface area contributed by atoms with Crippen LogP contribution in [0, 0.1) is 11.3 Å². The smallest absolute Gasteiger partial charge is 0.0250 e. The highest BCUT2D eigenvalue weighted by Crippen LogP contribution is 2.26. The second-order valence-electron chi connectivity index (χ2n) is 5.99. The maximum Gasteiger partial charge on any atom is 0.0250 e. The molecule has 2 aromatic rings. The molecule has 0 amide bonds. The molecule has 3 N–H and O–H groups in total. The molecule has 0 fully saturated rings. The van der Waals surface area contributed by atoms with Crippen LogP contribution in [-0.4, -0.2) is 12.8 Å². The lowest BCUT2D eigenvalue weighted by atomic mass is 9.94. The Hall–Kier alpha value is -1.93. The van der Waals surface area contributed by atoms with E-state index in [0.717, 1.165) is 31.4 Å². The molecule has 2 rings (SSSR count). The molecule has 0 aliphatic heterocycles. The van der Waals surface area contributed by atoms with Crippen molar-refractivity contribution in [2.45, 2.75) is 33.1 Å². The molecular weight excluding hydrogens is 268 g/mol. The largest absolute Gasteiger partial charge is 0.330 e. The van der Waals surface area contributed by atoms with Gasteiger partial charge in [0, 0.05) is 6.21 Å². The normalized spacial score (nSPS) is 12.1. The molecule has 2 nitrogen and oxygen atoms in total. The lowest BCUT2D eigenvalue weighted by Gasteiger charge is -2.11. The third kappa shape index (κ3) is 4.05. The Morgan fingerprint density at radius 3 is 2.45 bits per heavy atom. The minimum absolute atomic E-state index is 0.583. The molecule has 0 spiro atoms. The molecule has 0 aliphatic rings. The summed E-state index contributed by atoms with van der Waals surface area (Å²) in [6, 6.07) is 15.1. The highest BCUT2D eigenvalue weighted by atomic mass is 14.5. The molecule has 1 atom stereocenters. The molecule has 2 aromatic carbocycles. The molecule has 0 bridgehead atoms. The fourth-order valence-corrected chi connectivity index (χ4v) is 2.66. The number of nitrogens with two attached hydrogens (primary N) is 1. The van der Waals surface area contributed by atoms with E-state index in [1.165, 1.54) is 28.5 Å². The fourth-order valence-electron chi connectivity index (χ4n) is 2.66. The SMILES string of the molecule is CCc1cc(C=N)ccc1-c1ccc(CCC(C)CN)cc1. The van der Waals surface area contributed by atoms with Crippen LogP contribution in [0.3, 0.4) is 0 Å². The highest BCUT2D eigenvalue weighted by molar-refractivity contribution is 5.80. The Morgan fingerprint density at radius 2 is 1.86 bits per heavy atom. The Balaban J connectivity index is 2.18. The summed E-state index contributed by atoms with van der Waals surface area (Å²) in [5.41, 5.74) is 11.8. The lowest BCUT2D eigenvalue weighted by Crippen LogP contribution is -2.11. The minimum atomic E-state index is 0.583. The summed E-state index contributed by atoms with van der Waals surface area (Å²) in [4.78, 5) is 0. The van der Waals surface area contributed by atoms with E-state index >= 15 is 0 Å². The predicted molar refractivity (Wildman–Crippen MR) is 95.7 cm³/mol. The first-order chi connectivity index (χ1) is 10.7. The number of benzene rings is 2. The summed E-state index contributed by atoms with van der Waals surface area (Å²) in [6.45, 7) is 5.12. The molecule has 2 heteroatoms. The van der Waals surface area contributed by atoms with Crippen molar-refractivity contribution in [3.05, 3.63) is 59.2 Å². The third-order valence-corrected chi connectivity index (χ3v) is 4.27. The van der Waals surface area contributed by atoms with Gasteiger partial charge in [-0.05, 0) is 65.6 Å². The van der Waals surface area contributed by atoms with Crippen LogP contribution in [0.5, 0.6) is 0 Å². The van der Waals surface area contributed by atoms with Crippen LogP contribution >= 0.6 is 0 Å². The third-order valence-electron chi connectivity index (χ3n) is 4.27. The predicted octanol–water partition coefficient (Wildman–Crippen LogP) is 4.44. The zero-order valence-electron chi connectivity index (χ0n) is 13.6. The quantitative estimate of drug-likeness (QED) is 0.729. The zero-order valence-corrected chi connectivity index (χ0v) is 13.6. The fraction of sp³-hybridized carbons (Fsp3) is 0.350. The van der Waals surface area contributed by atoms with Crippen molar-refractivity contribution < 1.29 is 0 Å². The minimum Gasteiger partial charge on any atom is -0.330 e. The first-order valence-corrected chi connectivity index (χ1v) is 8.10. The lowest BCUT2D eigenvalue weighted by molar-refractivity contribution is 0.545. The van der Waals surface area contributed by atoms with Gasteiger partial charge in [0.1, 0.15) is 0 Å². The second kappa shape index (κ2) is 7.90. The van der Waals surface area contributed by atoms with Crippen LogP contribution < -0.4 is 5.73 Å². The summed E-state index contributed by atoms with van der Waals surface area (Å²) in [6.07, 6.45) is 4.62. The number of hydrogen-bond acceptors (Lipinski definition) is 2. The van der Waals surface area contributed by atoms with Gasteiger partial charge in [0.15, 0.2) is 0 Å². The summed E-state index contributed by atoms with van der Waals surface area (Å²) in [5.74, 6) is 0.583. The first-order valence-electron chi connectivity index (χ1n) is 8.10. The van der Waals surface area contributed by atoms with Crippen LogP contribution in [-0.2, 0) is 12.8 Å². The second-order valence-corrected chi connectivity index (χ2v) is 5.99. The van der Waals surface area contributed by atoms with Crippen LogP contribution in [0.25, 0.3) is 11.1 Å². The van der Waals surface area contributed by atoms with Crippen molar-refractivity contribution in [2.75, 3.05) is 6.54 Å². The van der Waals surface area contributed by atoms with Gasteiger partial charge in [-0.25, -0.2) is 0 Å². The number of nitrogens with one attached hydrogen (secondary N) is 1. The summed E-state index contributed by atoms with van der Waals surface area (Å²) in [5, 5.41) is 7.38. The average Bonchev–Trinajstić information content (AvgIpc) is 2.59. The Bertz CT molecular complexity index is 614. The number of rotatable bonds is 7. The molecule has 0 radical (unpaired) electrons. The topological polar surface area (TPSA) is 49.9 Å². The van der Waals surface area contributed by atoms with E-state index in [1.54, 1.807) is 0 Å². The molecule has 0 aromatic heterocycles. The molecular formula is C20H26N2. The Labute approximate surface area is 133 Å². The van der Waals surface area contributed by atoms with Crippen molar-refractivity contribution in [3.63, 3.8) is 0 Å². The van der Waals surface area contributed by atoms with Crippen molar-refractivity contribution in [2.24, 2.45) is 11.7 Å².